The molecule has 1 nitrogen and oxygen atoms in total. The maximum atomic E-state index is 5.21. The van der Waals surface area contributed by atoms with Crippen LogP contribution in [-0.2, 0) is 11.2 Å². The van der Waals surface area contributed by atoms with E-state index in [9.17, 15) is 0 Å². The summed E-state index contributed by atoms with van der Waals surface area (Å²) >= 11 is 0. The van der Waals surface area contributed by atoms with Gasteiger partial charge in [-0.2, -0.15) is 0 Å². The lowest BCUT2D eigenvalue weighted by Crippen LogP contribution is -1.97. The molecule has 1 heteroatoms. The second-order valence-corrected chi connectivity index (χ2v) is 3.52. The molecule has 1 aromatic rings. The topological polar surface area (TPSA) is 12.5 Å². The largest absolute Gasteiger partial charge is 0.373 e. The third kappa shape index (κ3) is 2.85. The Balaban J connectivity index is 0.000000461. The number of ether oxygens (including phenoxy) is 1. The first kappa shape index (κ1) is 11.3. The van der Waals surface area contributed by atoms with E-state index >= 15 is 0 Å². The predicted octanol–water partition coefficient (Wildman–Crippen LogP) is 3.27. The maximum Gasteiger partial charge on any atom is 0.0850 e. The van der Waals surface area contributed by atoms with E-state index in [1.807, 2.05) is 13.8 Å². The van der Waals surface area contributed by atoms with Gasteiger partial charge in [0.15, 0.2) is 0 Å². The number of rotatable bonds is 2. The zero-order valence-corrected chi connectivity index (χ0v) is 9.63. The van der Waals surface area contributed by atoms with Gasteiger partial charge in [-0.05, 0) is 30.5 Å². The minimum atomic E-state index is 0.505. The smallest absolute Gasteiger partial charge is 0.0850 e. The predicted molar refractivity (Wildman–Crippen MR) is 60.7 cm³/mol. The Bertz CT molecular complexity index is 287. The van der Waals surface area contributed by atoms with Crippen molar-refractivity contribution in [2.75, 3.05) is 6.61 Å². The molecule has 1 fully saturated rings. The minimum absolute atomic E-state index is 0.505. The van der Waals surface area contributed by atoms with Crippen LogP contribution in [-0.4, -0.2) is 12.7 Å². The summed E-state index contributed by atoms with van der Waals surface area (Å²) in [6, 6.07) is 6.48. The first-order valence-corrected chi connectivity index (χ1v) is 5.44. The molecule has 0 bridgehead atoms. The first-order chi connectivity index (χ1) is 6.77. The Labute approximate surface area is 87.1 Å². The van der Waals surface area contributed by atoms with Crippen molar-refractivity contribution in [3.63, 3.8) is 0 Å². The molecule has 2 rings (SSSR count). The van der Waals surface area contributed by atoms with Crippen LogP contribution < -0.4 is 0 Å². The van der Waals surface area contributed by atoms with Gasteiger partial charge in [0.25, 0.3) is 0 Å². The molecule has 0 spiro atoms. The lowest BCUT2D eigenvalue weighted by Gasteiger charge is -2.05. The summed E-state index contributed by atoms with van der Waals surface area (Å²) < 4.78 is 5.21. The molecule has 1 heterocycles. The van der Waals surface area contributed by atoms with Gasteiger partial charge in [-0.3, -0.25) is 0 Å². The van der Waals surface area contributed by atoms with Gasteiger partial charge in [0, 0.05) is 6.42 Å². The van der Waals surface area contributed by atoms with Gasteiger partial charge in [-0.1, -0.05) is 32.0 Å². The molecule has 1 aliphatic heterocycles. The van der Waals surface area contributed by atoms with Gasteiger partial charge in [0.1, 0.15) is 0 Å². The molecule has 0 N–H and O–H groups in total. The summed E-state index contributed by atoms with van der Waals surface area (Å²) in [6.07, 6.45) is 1.60. The number of hydrogen-bond acceptors (Lipinski definition) is 1. The second-order valence-electron chi connectivity index (χ2n) is 3.52. The van der Waals surface area contributed by atoms with Crippen LogP contribution in [0.5, 0.6) is 0 Å². The van der Waals surface area contributed by atoms with Gasteiger partial charge in [0.2, 0.25) is 0 Å². The van der Waals surface area contributed by atoms with E-state index < -0.39 is 0 Å². The van der Waals surface area contributed by atoms with Crippen LogP contribution in [0.2, 0.25) is 0 Å². The molecule has 1 unspecified atom stereocenters. The Morgan fingerprint density at radius 3 is 2.50 bits per heavy atom. The summed E-state index contributed by atoms with van der Waals surface area (Å²) in [7, 11) is 0. The molecule has 0 saturated carbocycles. The summed E-state index contributed by atoms with van der Waals surface area (Å²) in [5, 5.41) is 0. The molecule has 0 radical (unpaired) electrons. The van der Waals surface area contributed by atoms with E-state index in [2.05, 4.69) is 32.0 Å². The van der Waals surface area contributed by atoms with Crippen molar-refractivity contribution in [2.45, 2.75) is 40.2 Å². The van der Waals surface area contributed by atoms with E-state index in [4.69, 9.17) is 4.74 Å². The summed E-state index contributed by atoms with van der Waals surface area (Å²) in [6.45, 7) is 9.30. The van der Waals surface area contributed by atoms with Crippen LogP contribution in [0, 0.1) is 13.8 Å². The van der Waals surface area contributed by atoms with Crippen LogP contribution in [0.3, 0.4) is 0 Å². The Morgan fingerprint density at radius 1 is 1.29 bits per heavy atom. The SMILES string of the molecule is CC.Cc1cccc(CC2CO2)c1C. The molecule has 1 saturated heterocycles. The Morgan fingerprint density at radius 2 is 1.93 bits per heavy atom. The average molecular weight is 192 g/mol. The van der Waals surface area contributed by atoms with Gasteiger partial charge in [-0.15, -0.1) is 0 Å². The maximum absolute atomic E-state index is 5.21. The zero-order valence-electron chi connectivity index (χ0n) is 9.63. The summed E-state index contributed by atoms with van der Waals surface area (Å²) in [5.74, 6) is 0. The number of aryl methyl sites for hydroxylation is 1. The molecule has 78 valence electrons. The minimum Gasteiger partial charge on any atom is -0.373 e. The zero-order chi connectivity index (χ0) is 10.6. The van der Waals surface area contributed by atoms with E-state index in [0.29, 0.717) is 6.10 Å². The first-order valence-electron chi connectivity index (χ1n) is 5.44. The molecule has 1 atom stereocenters. The van der Waals surface area contributed by atoms with E-state index in [0.717, 1.165) is 13.0 Å². The quantitative estimate of drug-likeness (QED) is 0.655. The second kappa shape index (κ2) is 5.16. The normalized spacial score (nSPS) is 18.4. The van der Waals surface area contributed by atoms with E-state index in [-0.39, 0.29) is 0 Å². The number of epoxide rings is 1. The monoisotopic (exact) mass is 192 g/mol. The van der Waals surface area contributed by atoms with Crippen LogP contribution in [0.4, 0.5) is 0 Å². The van der Waals surface area contributed by atoms with Crippen molar-refractivity contribution in [1.29, 1.82) is 0 Å². The number of hydrogen-bond donors (Lipinski definition) is 0. The van der Waals surface area contributed by atoms with Crippen molar-refractivity contribution in [1.82, 2.24) is 0 Å². The fraction of sp³-hybridized carbons (Fsp3) is 0.538. The lowest BCUT2D eigenvalue weighted by atomic mass is 10.00. The van der Waals surface area contributed by atoms with Crippen molar-refractivity contribution >= 4 is 0 Å². The van der Waals surface area contributed by atoms with Crippen LogP contribution in [0.25, 0.3) is 0 Å². The molecule has 1 aromatic carbocycles. The van der Waals surface area contributed by atoms with Crippen LogP contribution in [0.1, 0.15) is 30.5 Å². The standard InChI is InChI=1S/C11H14O.C2H6/c1-8-4-3-5-10(9(8)2)6-11-7-12-11;1-2/h3-5,11H,6-7H2,1-2H3;1-2H3. The number of benzene rings is 1. The van der Waals surface area contributed by atoms with Crippen LogP contribution in [0.15, 0.2) is 18.2 Å². The van der Waals surface area contributed by atoms with Crippen molar-refractivity contribution in [2.24, 2.45) is 0 Å². The van der Waals surface area contributed by atoms with Gasteiger partial charge in [-0.25, -0.2) is 0 Å². The fourth-order valence-corrected chi connectivity index (χ4v) is 1.46. The highest BCUT2D eigenvalue weighted by molar-refractivity contribution is 5.33. The highest BCUT2D eigenvalue weighted by atomic mass is 16.6. The third-order valence-corrected chi connectivity index (χ3v) is 2.57. The molecule has 0 aliphatic carbocycles. The molecule has 14 heavy (non-hydrogen) atoms. The molecule has 0 amide bonds. The fourth-order valence-electron chi connectivity index (χ4n) is 1.46. The Kier molecular flexibility index (Phi) is 4.15. The molecular formula is C13H20O. The van der Waals surface area contributed by atoms with Gasteiger partial charge in [0.05, 0.1) is 12.7 Å². The highest BCUT2D eigenvalue weighted by Crippen LogP contribution is 2.20. The average Bonchev–Trinajstić information content (AvgIpc) is 3.00. The molecular weight excluding hydrogens is 172 g/mol. The van der Waals surface area contributed by atoms with Crippen molar-refractivity contribution in [3.8, 4) is 0 Å². The summed E-state index contributed by atoms with van der Waals surface area (Å²) in [5.41, 5.74) is 4.25. The molecule has 1 aliphatic rings. The van der Waals surface area contributed by atoms with Gasteiger partial charge < -0.3 is 4.74 Å². The third-order valence-electron chi connectivity index (χ3n) is 2.57. The Hall–Kier alpha value is -0.820. The lowest BCUT2D eigenvalue weighted by molar-refractivity contribution is 0.407. The van der Waals surface area contributed by atoms with E-state index in [1.165, 1.54) is 16.7 Å². The van der Waals surface area contributed by atoms with Gasteiger partial charge >= 0.3 is 0 Å². The summed E-state index contributed by atoms with van der Waals surface area (Å²) in [4.78, 5) is 0. The van der Waals surface area contributed by atoms with Crippen molar-refractivity contribution < 1.29 is 4.74 Å². The molecule has 0 aromatic heterocycles. The highest BCUT2D eigenvalue weighted by Gasteiger charge is 2.23. The van der Waals surface area contributed by atoms with E-state index in [1.54, 1.807) is 0 Å². The van der Waals surface area contributed by atoms with Crippen LogP contribution >= 0.6 is 0 Å². The van der Waals surface area contributed by atoms with Crippen molar-refractivity contribution in [3.05, 3.63) is 34.9 Å².